The minimum atomic E-state index is -0.436. The SMILES string of the molecule is O=C1COc2ccc(CNC(=O)c3ncnc4c(C(=O)N5CCC(c6ccc(F)cc6)C5)c[nH]c34)cc2N1. The van der Waals surface area contributed by atoms with Gasteiger partial charge >= 0.3 is 0 Å². The van der Waals surface area contributed by atoms with E-state index in [-0.39, 0.29) is 42.4 Å². The van der Waals surface area contributed by atoms with Crippen LogP contribution in [0.4, 0.5) is 10.1 Å². The maximum absolute atomic E-state index is 13.3. The third kappa shape index (κ3) is 4.42. The number of anilines is 1. The molecule has 3 amide bonds. The van der Waals surface area contributed by atoms with Crippen LogP contribution in [0.2, 0.25) is 0 Å². The number of nitrogens with zero attached hydrogens (tertiary/aromatic N) is 3. The highest BCUT2D eigenvalue weighted by Crippen LogP contribution is 2.30. The Labute approximate surface area is 216 Å². The topological polar surface area (TPSA) is 129 Å². The average Bonchev–Trinajstić information content (AvgIpc) is 3.59. The lowest BCUT2D eigenvalue weighted by Gasteiger charge is -2.18. The van der Waals surface area contributed by atoms with Crippen LogP contribution in [0, 0.1) is 5.82 Å². The summed E-state index contributed by atoms with van der Waals surface area (Å²) in [6.07, 6.45) is 3.59. The summed E-state index contributed by atoms with van der Waals surface area (Å²) in [5, 5.41) is 5.56. The predicted octanol–water partition coefficient (Wildman–Crippen LogP) is 2.99. The number of aromatic nitrogens is 3. The number of aromatic amines is 1. The highest BCUT2D eigenvalue weighted by Gasteiger charge is 2.30. The lowest BCUT2D eigenvalue weighted by molar-refractivity contribution is -0.118. The monoisotopic (exact) mass is 514 g/mol. The van der Waals surface area contributed by atoms with Gasteiger partial charge in [0.2, 0.25) is 0 Å². The van der Waals surface area contributed by atoms with Crippen molar-refractivity contribution in [3.8, 4) is 5.75 Å². The third-order valence-corrected chi connectivity index (χ3v) is 6.86. The number of benzene rings is 2. The zero-order chi connectivity index (χ0) is 26.2. The number of fused-ring (bicyclic) bond motifs is 2. The third-order valence-electron chi connectivity index (χ3n) is 6.86. The standard InChI is InChI=1S/C27H23FN6O4/c28-18-4-2-16(3-5-18)17-7-8-34(12-17)27(37)19-11-29-24-23(19)31-14-32-25(24)26(36)30-10-15-1-6-21-20(9-15)33-22(35)13-38-21/h1-6,9,11,14,17,29H,7-8,10,12-13H2,(H,30,36)(H,33,35). The molecule has 192 valence electrons. The van der Waals surface area contributed by atoms with Crippen LogP contribution in [-0.2, 0) is 11.3 Å². The van der Waals surface area contributed by atoms with Crippen molar-refractivity contribution >= 4 is 34.4 Å². The Morgan fingerprint density at radius 1 is 1.16 bits per heavy atom. The van der Waals surface area contributed by atoms with Crippen LogP contribution >= 0.6 is 0 Å². The minimum absolute atomic E-state index is 0.0278. The van der Waals surface area contributed by atoms with E-state index in [1.807, 2.05) is 0 Å². The number of halogens is 1. The number of hydrogen-bond donors (Lipinski definition) is 3. The molecule has 3 N–H and O–H groups in total. The fourth-order valence-electron chi connectivity index (χ4n) is 4.90. The van der Waals surface area contributed by atoms with Gasteiger partial charge in [0.25, 0.3) is 17.7 Å². The van der Waals surface area contributed by atoms with Gasteiger partial charge in [0, 0.05) is 31.7 Å². The summed E-state index contributed by atoms with van der Waals surface area (Å²) in [7, 11) is 0. The van der Waals surface area contributed by atoms with Crippen molar-refractivity contribution in [1.82, 2.24) is 25.2 Å². The Morgan fingerprint density at radius 2 is 2.00 bits per heavy atom. The van der Waals surface area contributed by atoms with Gasteiger partial charge in [-0.15, -0.1) is 0 Å². The number of H-pyrrole nitrogens is 1. The molecular formula is C27H23FN6O4. The van der Waals surface area contributed by atoms with E-state index in [9.17, 15) is 18.8 Å². The van der Waals surface area contributed by atoms with Crippen LogP contribution in [0.5, 0.6) is 5.75 Å². The van der Waals surface area contributed by atoms with Crippen LogP contribution in [0.1, 0.15) is 44.3 Å². The fraction of sp³-hybridized carbons (Fsp3) is 0.222. The molecule has 10 nitrogen and oxygen atoms in total. The highest BCUT2D eigenvalue weighted by molar-refractivity contribution is 6.10. The summed E-state index contributed by atoms with van der Waals surface area (Å²) in [4.78, 5) is 51.1. The van der Waals surface area contributed by atoms with Gasteiger partial charge in [-0.05, 0) is 41.8 Å². The Kier molecular flexibility index (Phi) is 5.95. The summed E-state index contributed by atoms with van der Waals surface area (Å²) < 4.78 is 18.6. The van der Waals surface area contributed by atoms with Crippen molar-refractivity contribution in [2.75, 3.05) is 25.0 Å². The first-order valence-corrected chi connectivity index (χ1v) is 12.2. The lowest BCUT2D eigenvalue weighted by atomic mass is 9.99. The van der Waals surface area contributed by atoms with Crippen molar-refractivity contribution in [3.63, 3.8) is 0 Å². The number of nitrogens with one attached hydrogen (secondary N) is 3. The molecule has 0 bridgehead atoms. The minimum Gasteiger partial charge on any atom is -0.482 e. The molecule has 0 aliphatic carbocycles. The Hall–Kier alpha value is -4.80. The average molecular weight is 515 g/mol. The number of carbonyl (C=O) groups is 3. The lowest BCUT2D eigenvalue weighted by Crippen LogP contribution is -2.28. The summed E-state index contributed by atoms with van der Waals surface area (Å²) in [5.74, 6) is -0.451. The molecule has 2 aromatic carbocycles. The van der Waals surface area contributed by atoms with E-state index in [4.69, 9.17) is 4.74 Å². The van der Waals surface area contributed by atoms with E-state index >= 15 is 0 Å². The van der Waals surface area contributed by atoms with Crippen LogP contribution in [0.15, 0.2) is 55.0 Å². The Balaban J connectivity index is 1.16. The number of rotatable bonds is 5. The smallest absolute Gasteiger partial charge is 0.272 e. The van der Waals surface area contributed by atoms with Gasteiger partial charge in [-0.25, -0.2) is 14.4 Å². The van der Waals surface area contributed by atoms with Crippen LogP contribution in [0.3, 0.4) is 0 Å². The Bertz CT molecular complexity index is 1570. The fourth-order valence-corrected chi connectivity index (χ4v) is 4.90. The molecule has 11 heteroatoms. The van der Waals surface area contributed by atoms with Gasteiger partial charge in [0.15, 0.2) is 12.3 Å². The summed E-state index contributed by atoms with van der Waals surface area (Å²) >= 11 is 0. The quantitative estimate of drug-likeness (QED) is 0.376. The number of amides is 3. The van der Waals surface area contributed by atoms with Crippen molar-refractivity contribution in [3.05, 3.63) is 83.2 Å². The Morgan fingerprint density at radius 3 is 2.84 bits per heavy atom. The molecule has 2 aromatic heterocycles. The largest absolute Gasteiger partial charge is 0.482 e. The zero-order valence-corrected chi connectivity index (χ0v) is 20.2. The van der Waals surface area contributed by atoms with Crippen LogP contribution in [-0.4, -0.2) is 57.3 Å². The first-order valence-electron chi connectivity index (χ1n) is 12.2. The van der Waals surface area contributed by atoms with Gasteiger partial charge in [-0.2, -0.15) is 0 Å². The summed E-state index contributed by atoms with van der Waals surface area (Å²) in [6.45, 7) is 1.25. The first kappa shape index (κ1) is 23.6. The van der Waals surface area contributed by atoms with Crippen LogP contribution in [0.25, 0.3) is 11.0 Å². The van der Waals surface area contributed by atoms with Gasteiger partial charge < -0.3 is 25.3 Å². The molecule has 4 heterocycles. The first-order chi connectivity index (χ1) is 18.5. The molecule has 1 atom stereocenters. The molecule has 0 radical (unpaired) electrons. The van der Waals surface area contributed by atoms with Gasteiger partial charge in [-0.3, -0.25) is 14.4 Å². The maximum Gasteiger partial charge on any atom is 0.272 e. The maximum atomic E-state index is 13.3. The van der Waals surface area contributed by atoms with Crippen molar-refractivity contribution in [2.24, 2.45) is 0 Å². The second-order valence-corrected chi connectivity index (χ2v) is 9.29. The highest BCUT2D eigenvalue weighted by atomic mass is 19.1. The number of ether oxygens (including phenoxy) is 1. The number of hydrogen-bond acceptors (Lipinski definition) is 6. The predicted molar refractivity (Wildman–Crippen MR) is 135 cm³/mol. The van der Waals surface area contributed by atoms with E-state index in [0.29, 0.717) is 41.1 Å². The van der Waals surface area contributed by atoms with E-state index in [2.05, 4.69) is 25.6 Å². The molecule has 0 spiro atoms. The molecule has 0 saturated carbocycles. The second kappa shape index (κ2) is 9.58. The molecule has 2 aliphatic rings. The molecule has 1 saturated heterocycles. The normalized spacial score (nSPS) is 16.6. The summed E-state index contributed by atoms with van der Waals surface area (Å²) in [6, 6.07) is 11.6. The van der Waals surface area contributed by atoms with Gasteiger partial charge in [0.05, 0.1) is 16.8 Å². The molecule has 1 fully saturated rings. The molecular weight excluding hydrogens is 491 g/mol. The van der Waals surface area contributed by atoms with Gasteiger partial charge in [-0.1, -0.05) is 18.2 Å². The number of likely N-dealkylation sites (tertiary alicyclic amines) is 1. The number of carbonyl (C=O) groups excluding carboxylic acids is 3. The van der Waals surface area contributed by atoms with E-state index in [1.165, 1.54) is 18.5 Å². The van der Waals surface area contributed by atoms with Crippen LogP contribution < -0.4 is 15.4 Å². The zero-order valence-electron chi connectivity index (χ0n) is 20.2. The summed E-state index contributed by atoms with van der Waals surface area (Å²) in [5.41, 5.74) is 3.53. The van der Waals surface area contributed by atoms with E-state index < -0.39 is 5.91 Å². The molecule has 1 unspecified atom stereocenters. The van der Waals surface area contributed by atoms with Crippen molar-refractivity contribution in [1.29, 1.82) is 0 Å². The molecule has 4 aromatic rings. The van der Waals surface area contributed by atoms with E-state index in [0.717, 1.165) is 17.5 Å². The molecule has 6 rings (SSSR count). The van der Waals surface area contributed by atoms with Crippen molar-refractivity contribution < 1.29 is 23.5 Å². The van der Waals surface area contributed by atoms with Crippen molar-refractivity contribution in [2.45, 2.75) is 18.9 Å². The molecule has 2 aliphatic heterocycles. The second-order valence-electron chi connectivity index (χ2n) is 9.29. The van der Waals surface area contributed by atoms with Gasteiger partial charge in [0.1, 0.15) is 23.4 Å². The van der Waals surface area contributed by atoms with E-state index in [1.54, 1.807) is 41.4 Å². The molecule has 38 heavy (non-hydrogen) atoms.